The van der Waals surface area contributed by atoms with Crippen LogP contribution in [-0.2, 0) is 6.61 Å². The molecule has 0 radical (unpaired) electrons. The molecule has 5 heteroatoms. The molecular formula is C15H11ClFNO2. The summed E-state index contributed by atoms with van der Waals surface area (Å²) < 4.78 is 23.6. The molecule has 0 heterocycles. The molecule has 0 saturated heterocycles. The van der Waals surface area contributed by atoms with E-state index in [9.17, 15) is 4.39 Å². The Kier molecular flexibility index (Phi) is 4.44. The number of hydrogen-bond donors (Lipinski definition) is 0. The Morgan fingerprint density at radius 3 is 2.70 bits per heavy atom. The molecule has 2 rings (SSSR count). The van der Waals surface area contributed by atoms with Crippen LogP contribution < -0.4 is 9.47 Å². The van der Waals surface area contributed by atoms with E-state index in [4.69, 9.17) is 26.3 Å². The fourth-order valence-corrected chi connectivity index (χ4v) is 1.82. The predicted octanol–water partition coefficient (Wildman–Crippen LogP) is 3.94. The van der Waals surface area contributed by atoms with E-state index in [1.807, 2.05) is 6.07 Å². The second-order valence-electron chi connectivity index (χ2n) is 4.01. The van der Waals surface area contributed by atoms with Gasteiger partial charge in [0.2, 0.25) is 0 Å². The van der Waals surface area contributed by atoms with Gasteiger partial charge in [0.15, 0.2) is 0 Å². The normalized spacial score (nSPS) is 9.90. The Morgan fingerprint density at radius 2 is 2.05 bits per heavy atom. The van der Waals surface area contributed by atoms with E-state index < -0.39 is 5.82 Å². The van der Waals surface area contributed by atoms with E-state index in [1.54, 1.807) is 18.2 Å². The SMILES string of the molecule is COc1cc(COc2ccc(F)c(Cl)c2)ccc1C#N. The highest BCUT2D eigenvalue weighted by Gasteiger charge is 2.05. The minimum atomic E-state index is -0.487. The second-order valence-corrected chi connectivity index (χ2v) is 4.42. The van der Waals surface area contributed by atoms with E-state index in [2.05, 4.69) is 0 Å². The summed E-state index contributed by atoms with van der Waals surface area (Å²) in [5.74, 6) is 0.476. The number of methoxy groups -OCH3 is 1. The van der Waals surface area contributed by atoms with E-state index in [-0.39, 0.29) is 11.6 Å². The molecule has 0 amide bonds. The monoisotopic (exact) mass is 291 g/mol. The van der Waals surface area contributed by atoms with Crippen LogP contribution in [0.2, 0.25) is 5.02 Å². The summed E-state index contributed by atoms with van der Waals surface area (Å²) >= 11 is 5.67. The van der Waals surface area contributed by atoms with Gasteiger partial charge in [-0.1, -0.05) is 17.7 Å². The molecule has 0 aromatic heterocycles. The lowest BCUT2D eigenvalue weighted by Crippen LogP contribution is -1.97. The van der Waals surface area contributed by atoms with Crippen molar-refractivity contribution in [2.45, 2.75) is 6.61 Å². The highest BCUT2D eigenvalue weighted by atomic mass is 35.5. The molecule has 20 heavy (non-hydrogen) atoms. The first-order valence-electron chi connectivity index (χ1n) is 5.79. The van der Waals surface area contributed by atoms with Crippen molar-refractivity contribution in [1.82, 2.24) is 0 Å². The molecule has 2 aromatic carbocycles. The third kappa shape index (κ3) is 3.19. The topological polar surface area (TPSA) is 42.2 Å². The molecule has 0 saturated carbocycles. The van der Waals surface area contributed by atoms with Gasteiger partial charge in [0.1, 0.15) is 30.0 Å². The number of hydrogen-bond acceptors (Lipinski definition) is 3. The third-order valence-electron chi connectivity index (χ3n) is 2.68. The van der Waals surface area contributed by atoms with Crippen molar-refractivity contribution in [1.29, 1.82) is 5.26 Å². The first-order valence-corrected chi connectivity index (χ1v) is 6.16. The van der Waals surface area contributed by atoms with Gasteiger partial charge >= 0.3 is 0 Å². The summed E-state index contributed by atoms with van der Waals surface area (Å²) in [5, 5.41) is 8.91. The zero-order valence-corrected chi connectivity index (χ0v) is 11.4. The fraction of sp³-hybridized carbons (Fsp3) is 0.133. The number of benzene rings is 2. The van der Waals surface area contributed by atoms with E-state index in [1.165, 1.54) is 25.3 Å². The van der Waals surface area contributed by atoms with Crippen LogP contribution in [0, 0.1) is 17.1 Å². The average Bonchev–Trinajstić information content (AvgIpc) is 2.48. The Morgan fingerprint density at radius 1 is 1.25 bits per heavy atom. The Hall–Kier alpha value is -2.25. The van der Waals surface area contributed by atoms with Crippen molar-refractivity contribution in [3.8, 4) is 17.6 Å². The van der Waals surface area contributed by atoms with Crippen molar-refractivity contribution in [3.05, 3.63) is 58.4 Å². The number of nitrogens with zero attached hydrogens (tertiary/aromatic N) is 1. The summed E-state index contributed by atoms with van der Waals surface area (Å²) in [6.45, 7) is 0.268. The maximum Gasteiger partial charge on any atom is 0.142 e. The van der Waals surface area contributed by atoms with Crippen molar-refractivity contribution >= 4 is 11.6 Å². The molecule has 0 spiro atoms. The van der Waals surface area contributed by atoms with E-state index in [0.29, 0.717) is 17.1 Å². The first-order chi connectivity index (χ1) is 9.63. The number of nitriles is 1. The van der Waals surface area contributed by atoms with Gasteiger partial charge in [-0.3, -0.25) is 0 Å². The van der Waals surface area contributed by atoms with Crippen LogP contribution in [0.4, 0.5) is 4.39 Å². The molecule has 0 fully saturated rings. The van der Waals surface area contributed by atoms with Crippen molar-refractivity contribution in [3.63, 3.8) is 0 Å². The number of rotatable bonds is 4. The van der Waals surface area contributed by atoms with E-state index >= 15 is 0 Å². The Balaban J connectivity index is 2.11. The smallest absolute Gasteiger partial charge is 0.142 e. The largest absolute Gasteiger partial charge is 0.495 e. The second kappa shape index (κ2) is 6.27. The summed E-state index contributed by atoms with van der Waals surface area (Å²) in [6.07, 6.45) is 0. The first kappa shape index (κ1) is 14.2. The highest BCUT2D eigenvalue weighted by molar-refractivity contribution is 6.30. The van der Waals surface area contributed by atoms with Gasteiger partial charge in [-0.05, 0) is 29.8 Å². The lowest BCUT2D eigenvalue weighted by molar-refractivity contribution is 0.304. The third-order valence-corrected chi connectivity index (χ3v) is 2.97. The molecule has 0 aliphatic rings. The van der Waals surface area contributed by atoms with Gasteiger partial charge in [0, 0.05) is 6.07 Å². The lowest BCUT2D eigenvalue weighted by Gasteiger charge is -2.09. The summed E-state index contributed by atoms with van der Waals surface area (Å²) in [6, 6.07) is 11.4. The summed E-state index contributed by atoms with van der Waals surface area (Å²) in [5.41, 5.74) is 1.29. The molecule has 3 nitrogen and oxygen atoms in total. The van der Waals surface area contributed by atoms with Crippen molar-refractivity contribution in [2.75, 3.05) is 7.11 Å². The summed E-state index contributed by atoms with van der Waals surface area (Å²) in [7, 11) is 1.50. The zero-order chi connectivity index (χ0) is 14.5. The number of ether oxygens (including phenoxy) is 2. The minimum absolute atomic E-state index is 0.0138. The Bertz CT molecular complexity index is 667. The Labute approximate surface area is 121 Å². The molecule has 0 atom stereocenters. The van der Waals surface area contributed by atoms with Crippen LogP contribution in [0.5, 0.6) is 11.5 Å². The van der Waals surface area contributed by atoms with Crippen LogP contribution in [-0.4, -0.2) is 7.11 Å². The predicted molar refractivity (Wildman–Crippen MR) is 73.5 cm³/mol. The van der Waals surface area contributed by atoms with Crippen LogP contribution >= 0.6 is 11.6 Å². The maximum atomic E-state index is 13.0. The maximum absolute atomic E-state index is 13.0. The van der Waals surface area contributed by atoms with E-state index in [0.717, 1.165) is 5.56 Å². The highest BCUT2D eigenvalue weighted by Crippen LogP contribution is 2.23. The van der Waals surface area contributed by atoms with Crippen LogP contribution in [0.1, 0.15) is 11.1 Å². The van der Waals surface area contributed by atoms with Gasteiger partial charge < -0.3 is 9.47 Å². The molecule has 0 bridgehead atoms. The average molecular weight is 292 g/mol. The minimum Gasteiger partial charge on any atom is -0.495 e. The van der Waals surface area contributed by atoms with Crippen molar-refractivity contribution < 1.29 is 13.9 Å². The fourth-order valence-electron chi connectivity index (χ4n) is 1.65. The molecule has 0 aliphatic heterocycles. The molecule has 0 unspecified atom stereocenters. The molecule has 0 N–H and O–H groups in total. The quantitative estimate of drug-likeness (QED) is 0.857. The van der Waals surface area contributed by atoms with Gasteiger partial charge in [-0.15, -0.1) is 0 Å². The van der Waals surface area contributed by atoms with Gasteiger partial charge in [-0.25, -0.2) is 4.39 Å². The van der Waals surface area contributed by atoms with Gasteiger partial charge in [0.25, 0.3) is 0 Å². The zero-order valence-electron chi connectivity index (χ0n) is 10.7. The molecule has 102 valence electrons. The van der Waals surface area contributed by atoms with Crippen LogP contribution in [0.25, 0.3) is 0 Å². The summed E-state index contributed by atoms with van der Waals surface area (Å²) in [4.78, 5) is 0. The standard InChI is InChI=1S/C15H11ClFNO2/c1-19-15-6-10(2-3-11(15)8-18)9-20-12-4-5-14(17)13(16)7-12/h2-7H,9H2,1H3. The van der Waals surface area contributed by atoms with Crippen LogP contribution in [0.3, 0.4) is 0 Å². The van der Waals surface area contributed by atoms with Crippen LogP contribution in [0.15, 0.2) is 36.4 Å². The molecule has 2 aromatic rings. The molecule has 0 aliphatic carbocycles. The lowest BCUT2D eigenvalue weighted by atomic mass is 10.1. The number of halogens is 2. The van der Waals surface area contributed by atoms with Gasteiger partial charge in [-0.2, -0.15) is 5.26 Å². The van der Waals surface area contributed by atoms with Crippen molar-refractivity contribution in [2.24, 2.45) is 0 Å². The molecular weight excluding hydrogens is 281 g/mol. The van der Waals surface area contributed by atoms with Gasteiger partial charge in [0.05, 0.1) is 17.7 Å².